The van der Waals surface area contributed by atoms with E-state index >= 15 is 0 Å². The number of phenolic OH excluding ortho intramolecular Hbond substituents is 1. The number of esters is 1. The van der Waals surface area contributed by atoms with Crippen molar-refractivity contribution in [2.75, 3.05) is 20.8 Å². The number of rotatable bonds is 7. The quantitative estimate of drug-likeness (QED) is 0.618. The van der Waals surface area contributed by atoms with E-state index < -0.39 is 18.1 Å². The molecule has 0 bridgehead atoms. The van der Waals surface area contributed by atoms with Gasteiger partial charge in [0.25, 0.3) is 0 Å². The molecule has 6 heteroatoms. The van der Waals surface area contributed by atoms with Crippen LogP contribution < -0.4 is 0 Å². The molecular formula is C16H23NO5. The smallest absolute Gasteiger partial charge is 0.410 e. The van der Waals surface area contributed by atoms with E-state index in [2.05, 4.69) is 0 Å². The Bertz CT molecular complexity index is 486. The van der Waals surface area contributed by atoms with Gasteiger partial charge in [0.2, 0.25) is 0 Å². The molecule has 0 heterocycles. The number of nitrogens with zero attached hydrogens (tertiary/aromatic N) is 1. The summed E-state index contributed by atoms with van der Waals surface area (Å²) in [6.45, 7) is 2.33. The summed E-state index contributed by atoms with van der Waals surface area (Å²) >= 11 is 0. The molecule has 0 aliphatic rings. The molecule has 0 aliphatic carbocycles. The Morgan fingerprint density at radius 3 is 2.45 bits per heavy atom. The summed E-state index contributed by atoms with van der Waals surface area (Å²) in [7, 11) is 2.79. The van der Waals surface area contributed by atoms with E-state index in [0.29, 0.717) is 6.61 Å². The summed E-state index contributed by atoms with van der Waals surface area (Å²) in [5, 5.41) is 9.29. The second-order valence-electron chi connectivity index (χ2n) is 4.99. The van der Waals surface area contributed by atoms with Crippen LogP contribution in [0.1, 0.15) is 25.3 Å². The fourth-order valence-electron chi connectivity index (χ4n) is 1.90. The van der Waals surface area contributed by atoms with Crippen molar-refractivity contribution in [1.82, 2.24) is 4.90 Å². The molecular weight excluding hydrogens is 286 g/mol. The Kier molecular flexibility index (Phi) is 7.22. The highest BCUT2D eigenvalue weighted by molar-refractivity contribution is 5.81. The molecule has 0 saturated heterocycles. The molecule has 1 N–H and O–H groups in total. The van der Waals surface area contributed by atoms with Crippen LogP contribution in [0.2, 0.25) is 0 Å². The van der Waals surface area contributed by atoms with E-state index in [1.54, 1.807) is 12.1 Å². The van der Waals surface area contributed by atoms with E-state index in [1.165, 1.54) is 31.2 Å². The van der Waals surface area contributed by atoms with Crippen molar-refractivity contribution in [3.63, 3.8) is 0 Å². The number of carbonyl (C=O) groups is 2. The average Bonchev–Trinajstić information content (AvgIpc) is 2.53. The number of hydrogen-bond donors (Lipinski definition) is 1. The molecule has 1 aromatic rings. The van der Waals surface area contributed by atoms with Gasteiger partial charge in [-0.05, 0) is 24.1 Å². The summed E-state index contributed by atoms with van der Waals surface area (Å²) in [6.07, 6.45) is 1.43. The van der Waals surface area contributed by atoms with Crippen molar-refractivity contribution in [1.29, 1.82) is 0 Å². The maximum absolute atomic E-state index is 12.0. The van der Waals surface area contributed by atoms with Crippen LogP contribution in [-0.2, 0) is 20.7 Å². The van der Waals surface area contributed by atoms with Gasteiger partial charge in [-0.15, -0.1) is 0 Å². The van der Waals surface area contributed by atoms with Gasteiger partial charge in [-0.25, -0.2) is 9.59 Å². The van der Waals surface area contributed by atoms with E-state index in [1.807, 2.05) is 6.92 Å². The van der Waals surface area contributed by atoms with Crippen LogP contribution in [0.15, 0.2) is 24.3 Å². The normalized spacial score (nSPS) is 11.6. The highest BCUT2D eigenvalue weighted by Gasteiger charge is 2.29. The molecule has 1 aromatic carbocycles. The Balaban J connectivity index is 2.76. The van der Waals surface area contributed by atoms with Crippen LogP contribution in [0.3, 0.4) is 0 Å². The maximum Gasteiger partial charge on any atom is 0.410 e. The monoisotopic (exact) mass is 309 g/mol. The van der Waals surface area contributed by atoms with Crippen LogP contribution in [0.25, 0.3) is 0 Å². The van der Waals surface area contributed by atoms with Crippen LogP contribution in [-0.4, -0.2) is 48.9 Å². The zero-order chi connectivity index (χ0) is 16.5. The number of hydrogen-bond acceptors (Lipinski definition) is 5. The Morgan fingerprint density at radius 1 is 1.27 bits per heavy atom. The van der Waals surface area contributed by atoms with Gasteiger partial charge >= 0.3 is 12.1 Å². The minimum atomic E-state index is -0.774. The fourth-order valence-corrected chi connectivity index (χ4v) is 1.90. The van der Waals surface area contributed by atoms with E-state index in [0.717, 1.165) is 18.4 Å². The standard InChI is InChI=1S/C16H23NO5/c1-4-5-10-22-16(20)17(2)14(15(19)21-3)11-12-6-8-13(18)9-7-12/h6-9,14,18H,4-5,10-11H2,1-3H3/t14-/m0/s1. The molecule has 0 unspecified atom stereocenters. The van der Waals surface area contributed by atoms with E-state index in [-0.39, 0.29) is 12.2 Å². The third kappa shape index (κ3) is 5.27. The Hall–Kier alpha value is -2.24. The van der Waals surface area contributed by atoms with Crippen LogP contribution >= 0.6 is 0 Å². The average molecular weight is 309 g/mol. The van der Waals surface area contributed by atoms with Gasteiger partial charge in [-0.1, -0.05) is 25.5 Å². The molecule has 0 aromatic heterocycles. The number of aromatic hydroxyl groups is 1. The number of methoxy groups -OCH3 is 1. The van der Waals surface area contributed by atoms with Gasteiger partial charge in [0.1, 0.15) is 11.8 Å². The highest BCUT2D eigenvalue weighted by atomic mass is 16.6. The maximum atomic E-state index is 12.0. The minimum absolute atomic E-state index is 0.144. The molecule has 22 heavy (non-hydrogen) atoms. The number of likely N-dealkylation sites (N-methyl/N-ethyl adjacent to an activating group) is 1. The van der Waals surface area contributed by atoms with Crippen molar-refractivity contribution in [3.8, 4) is 5.75 Å². The second-order valence-corrected chi connectivity index (χ2v) is 4.99. The molecule has 0 radical (unpaired) electrons. The van der Waals surface area contributed by atoms with Crippen molar-refractivity contribution in [3.05, 3.63) is 29.8 Å². The second kappa shape index (κ2) is 8.92. The Labute approximate surface area is 130 Å². The number of amides is 1. The lowest BCUT2D eigenvalue weighted by atomic mass is 10.1. The first-order valence-electron chi connectivity index (χ1n) is 7.24. The summed E-state index contributed by atoms with van der Waals surface area (Å²) in [5.41, 5.74) is 0.807. The SMILES string of the molecule is CCCCOC(=O)N(C)[C@@H](Cc1ccc(O)cc1)C(=O)OC. The van der Waals surface area contributed by atoms with Crippen molar-refractivity contribution < 1.29 is 24.2 Å². The molecule has 0 aliphatic heterocycles. The largest absolute Gasteiger partial charge is 0.508 e. The molecule has 1 rings (SSSR count). The molecule has 0 fully saturated rings. The molecule has 6 nitrogen and oxygen atoms in total. The molecule has 0 spiro atoms. The number of carbonyl (C=O) groups excluding carboxylic acids is 2. The van der Waals surface area contributed by atoms with Gasteiger partial charge in [0, 0.05) is 13.5 Å². The fraction of sp³-hybridized carbons (Fsp3) is 0.500. The topological polar surface area (TPSA) is 76.1 Å². The minimum Gasteiger partial charge on any atom is -0.508 e. The zero-order valence-electron chi connectivity index (χ0n) is 13.2. The Morgan fingerprint density at radius 2 is 1.91 bits per heavy atom. The summed E-state index contributed by atoms with van der Waals surface area (Å²) in [6, 6.07) is 5.68. The van der Waals surface area contributed by atoms with Crippen molar-refractivity contribution >= 4 is 12.1 Å². The predicted octanol–water partition coefficient (Wildman–Crippen LogP) is 2.34. The van der Waals surface area contributed by atoms with E-state index in [4.69, 9.17) is 9.47 Å². The van der Waals surface area contributed by atoms with Crippen LogP contribution in [0.5, 0.6) is 5.75 Å². The molecule has 0 saturated carbocycles. The van der Waals surface area contributed by atoms with Crippen molar-refractivity contribution in [2.45, 2.75) is 32.2 Å². The molecule has 1 amide bonds. The number of phenols is 1. The highest BCUT2D eigenvalue weighted by Crippen LogP contribution is 2.14. The lowest BCUT2D eigenvalue weighted by Gasteiger charge is -2.25. The number of benzene rings is 1. The summed E-state index contributed by atoms with van der Waals surface area (Å²) in [4.78, 5) is 25.2. The van der Waals surface area contributed by atoms with E-state index in [9.17, 15) is 14.7 Å². The van der Waals surface area contributed by atoms with Gasteiger partial charge in [-0.3, -0.25) is 4.90 Å². The number of unbranched alkanes of at least 4 members (excludes halogenated alkanes) is 1. The first-order chi connectivity index (χ1) is 10.5. The third-order valence-corrected chi connectivity index (χ3v) is 3.32. The van der Waals surface area contributed by atoms with Gasteiger partial charge in [-0.2, -0.15) is 0 Å². The molecule has 1 atom stereocenters. The molecule has 122 valence electrons. The first-order valence-corrected chi connectivity index (χ1v) is 7.24. The summed E-state index contributed by atoms with van der Waals surface area (Å²) < 4.78 is 9.88. The number of ether oxygens (including phenoxy) is 2. The predicted molar refractivity (Wildman–Crippen MR) is 81.6 cm³/mol. The van der Waals surface area contributed by atoms with Gasteiger partial charge < -0.3 is 14.6 Å². The zero-order valence-corrected chi connectivity index (χ0v) is 13.2. The first kappa shape index (κ1) is 17.8. The third-order valence-electron chi connectivity index (χ3n) is 3.32. The summed E-state index contributed by atoms with van der Waals surface area (Å²) in [5.74, 6) is -0.367. The van der Waals surface area contributed by atoms with Crippen LogP contribution in [0.4, 0.5) is 4.79 Å². The van der Waals surface area contributed by atoms with Crippen molar-refractivity contribution in [2.24, 2.45) is 0 Å². The van der Waals surface area contributed by atoms with Gasteiger partial charge in [0.15, 0.2) is 0 Å². The lowest BCUT2D eigenvalue weighted by molar-refractivity contribution is -0.145. The van der Waals surface area contributed by atoms with Crippen LogP contribution in [0, 0.1) is 0 Å². The lowest BCUT2D eigenvalue weighted by Crippen LogP contribution is -2.44. The van der Waals surface area contributed by atoms with Gasteiger partial charge in [0.05, 0.1) is 13.7 Å².